The second kappa shape index (κ2) is 10.8. The Balaban J connectivity index is 0.00000232. The molecule has 0 saturated heterocycles. The van der Waals surface area contributed by atoms with Crippen molar-refractivity contribution in [2.24, 2.45) is 0 Å². The molecule has 0 aliphatic heterocycles. The summed E-state index contributed by atoms with van der Waals surface area (Å²) in [5.74, 6) is 0. The van der Waals surface area contributed by atoms with E-state index in [2.05, 4.69) is 33.0 Å². The quantitative estimate of drug-likeness (QED) is 0.481. The molecule has 0 unspecified atom stereocenters. The van der Waals surface area contributed by atoms with Crippen molar-refractivity contribution in [3.05, 3.63) is 34.9 Å². The van der Waals surface area contributed by atoms with Crippen molar-refractivity contribution in [3.8, 4) is 0 Å². The average Bonchev–Trinajstić information content (AvgIpc) is 2.44. The van der Waals surface area contributed by atoms with Crippen LogP contribution in [0.2, 0.25) is 0 Å². The van der Waals surface area contributed by atoms with E-state index in [1.54, 1.807) is 0 Å². The summed E-state index contributed by atoms with van der Waals surface area (Å²) in [5.41, 5.74) is 1.91. The number of hydrogen-bond acceptors (Lipinski definition) is 3. The fraction of sp³-hybridized carbons (Fsp3) is 0.647. The normalized spacial score (nSPS) is 11.6. The molecule has 0 atom stereocenters. The molecule has 130 valence electrons. The van der Waals surface area contributed by atoms with Crippen LogP contribution in [0.15, 0.2) is 24.3 Å². The number of para-hydroxylation sites is 2. The third-order valence-electron chi connectivity index (χ3n) is 2.70. The topological polar surface area (TPSA) is 45.3 Å². The molecule has 0 radical (unpaired) electrons. The van der Waals surface area contributed by atoms with E-state index in [4.69, 9.17) is 21.4 Å². The van der Waals surface area contributed by atoms with Crippen LogP contribution in [0.3, 0.4) is 0 Å². The second-order valence-corrected chi connectivity index (χ2v) is 10.2. The molecular weight excluding hydrogens is 410 g/mol. The Bertz CT molecular complexity index is 462. The zero-order chi connectivity index (χ0) is 18.1. The molecule has 0 aromatic heterocycles. The molecule has 0 fully saturated rings. The van der Waals surface area contributed by atoms with Crippen LogP contribution in [0.5, 0.6) is 0 Å². The zero-order valence-corrected chi connectivity index (χ0v) is 18.3. The Labute approximate surface area is 162 Å². The molecule has 1 aromatic carbocycles. The van der Waals surface area contributed by atoms with Gasteiger partial charge in [-0.3, -0.25) is 0 Å². The molecule has 6 heteroatoms. The van der Waals surface area contributed by atoms with Crippen LogP contribution in [-0.4, -0.2) is 27.8 Å². The molecule has 0 spiro atoms. The number of rotatable bonds is 8. The van der Waals surface area contributed by atoms with E-state index in [-0.39, 0.29) is 9.49 Å². The number of thioether (sulfide) groups is 1. The van der Waals surface area contributed by atoms with E-state index in [1.807, 2.05) is 49.9 Å². The van der Waals surface area contributed by atoms with Crippen LogP contribution < -0.4 is 0 Å². The summed E-state index contributed by atoms with van der Waals surface area (Å²) >= 11 is 8.23. The van der Waals surface area contributed by atoms with Crippen LogP contribution in [0.1, 0.15) is 41.5 Å². The number of benzene rings is 1. The zero-order valence-electron chi connectivity index (χ0n) is 14.8. The first-order valence-electron chi connectivity index (χ1n) is 7.57. The summed E-state index contributed by atoms with van der Waals surface area (Å²) in [4.78, 5) is 0. The van der Waals surface area contributed by atoms with Crippen molar-refractivity contribution < 1.29 is 22.4 Å². The second-order valence-electron chi connectivity index (χ2n) is 6.81. The Morgan fingerprint density at radius 2 is 1.48 bits per heavy atom. The van der Waals surface area contributed by atoms with Crippen molar-refractivity contribution in [2.45, 2.75) is 56.3 Å². The molecule has 0 N–H and O–H groups in total. The van der Waals surface area contributed by atoms with Gasteiger partial charge in [0.05, 0.1) is 0 Å². The van der Waals surface area contributed by atoms with Crippen molar-refractivity contribution in [3.63, 3.8) is 0 Å². The Morgan fingerprint density at radius 1 is 1.04 bits per heavy atom. The fourth-order valence-electron chi connectivity index (χ4n) is 1.96. The summed E-state index contributed by atoms with van der Waals surface area (Å²) < 4.78 is 8.15. The predicted molar refractivity (Wildman–Crippen MR) is 101 cm³/mol. The predicted octanol–water partition coefficient (Wildman–Crippen LogP) is 5.82. The first-order valence-corrected chi connectivity index (χ1v) is 9.61. The third-order valence-corrected chi connectivity index (χ3v) is 4.06. The molecule has 3 nitrogen and oxygen atoms in total. The van der Waals surface area contributed by atoms with Crippen LogP contribution in [0, 0.1) is 0 Å². The summed E-state index contributed by atoms with van der Waals surface area (Å²) in [5, 5.41) is 10.0. The maximum absolute atomic E-state index is 8.22. The minimum atomic E-state index is -0.208. The Morgan fingerprint density at radius 3 is 1.87 bits per heavy atom. The van der Waals surface area contributed by atoms with Gasteiger partial charge in [0, 0.05) is 0 Å². The summed E-state index contributed by atoms with van der Waals surface area (Å²) in [7, 11) is 0. The SMILES string of the molecule is CC(C)SC(C)(C)C[N-]c1ccccc1[N-]CC(C)(C)[S-].[O]=[Tc+3]. The van der Waals surface area contributed by atoms with E-state index in [0.717, 1.165) is 36.8 Å². The van der Waals surface area contributed by atoms with Gasteiger partial charge in [-0.2, -0.15) is 27.9 Å². The van der Waals surface area contributed by atoms with Crippen LogP contribution in [0.25, 0.3) is 10.6 Å². The maximum atomic E-state index is 8.22. The van der Waals surface area contributed by atoms with Crippen molar-refractivity contribution in [1.29, 1.82) is 0 Å². The van der Waals surface area contributed by atoms with Gasteiger partial charge in [-0.1, -0.05) is 65.8 Å². The first kappa shape index (κ1) is 23.0. The molecular formula is C17H27N2OS2Tc. The standard InChI is InChI=1S/C17H28N2S2.O.Tc/c1-13(2)21-17(5,6)12-19-15-10-8-7-9-14(15)18-11-16(3,4)20;;/h7-10,13,20H,11-12H2,1-6H3;;/q-2;;+3/p-1. The molecule has 23 heavy (non-hydrogen) atoms. The number of nitrogens with zero attached hydrogens (tertiary/aromatic N) is 2. The van der Waals surface area contributed by atoms with Crippen molar-refractivity contribution in [2.75, 3.05) is 13.1 Å². The molecule has 0 amide bonds. The molecule has 0 saturated carbocycles. The molecule has 1 rings (SSSR count). The van der Waals surface area contributed by atoms with Gasteiger partial charge in [0.1, 0.15) is 0 Å². The number of hydrogen-bond donors (Lipinski definition) is 0. The van der Waals surface area contributed by atoms with Gasteiger partial charge < -0.3 is 23.3 Å². The van der Waals surface area contributed by atoms with Crippen molar-refractivity contribution >= 4 is 35.8 Å². The third kappa shape index (κ3) is 11.2. The summed E-state index contributed by atoms with van der Waals surface area (Å²) in [6, 6.07) is 8.06. The molecule has 0 bridgehead atoms. The van der Waals surface area contributed by atoms with Gasteiger partial charge in [-0.25, -0.2) is 0 Å². The molecule has 0 heterocycles. The van der Waals surface area contributed by atoms with Gasteiger partial charge >= 0.3 is 22.4 Å². The Hall–Kier alpha value is -0.0306. The summed E-state index contributed by atoms with van der Waals surface area (Å²) in [6.45, 7) is 14.4. The average molecular weight is 438 g/mol. The first-order chi connectivity index (χ1) is 10.6. The van der Waals surface area contributed by atoms with Gasteiger partial charge in [0.25, 0.3) is 0 Å². The molecule has 0 aliphatic carbocycles. The van der Waals surface area contributed by atoms with Gasteiger partial charge in [0.2, 0.25) is 0 Å². The Kier molecular flexibility index (Phi) is 10.7. The molecule has 0 aliphatic rings. The van der Waals surface area contributed by atoms with E-state index in [9.17, 15) is 0 Å². The summed E-state index contributed by atoms with van der Waals surface area (Å²) in [6.07, 6.45) is 0. The van der Waals surface area contributed by atoms with E-state index < -0.39 is 0 Å². The minimum absolute atomic E-state index is 0.137. The van der Waals surface area contributed by atoms with E-state index in [1.165, 1.54) is 0 Å². The van der Waals surface area contributed by atoms with Crippen LogP contribution in [0.4, 0.5) is 11.4 Å². The van der Waals surface area contributed by atoms with Gasteiger partial charge in [-0.05, 0) is 10.00 Å². The monoisotopic (exact) mass is 436 g/mol. The molecule has 1 aromatic rings. The van der Waals surface area contributed by atoms with Crippen molar-refractivity contribution in [1.82, 2.24) is 0 Å². The van der Waals surface area contributed by atoms with Crippen LogP contribution >= 0.6 is 11.8 Å². The van der Waals surface area contributed by atoms with Crippen LogP contribution in [-0.2, 0) is 35.0 Å². The van der Waals surface area contributed by atoms with Gasteiger partial charge in [0.15, 0.2) is 0 Å². The van der Waals surface area contributed by atoms with E-state index in [0.29, 0.717) is 11.8 Å². The fourth-order valence-corrected chi connectivity index (χ4v) is 3.44. The van der Waals surface area contributed by atoms with Gasteiger partial charge in [-0.15, -0.1) is 13.1 Å². The van der Waals surface area contributed by atoms with E-state index >= 15 is 0 Å².